The summed E-state index contributed by atoms with van der Waals surface area (Å²) >= 11 is 0. The standard InChI is InChI=1S/C8H13N3O3/c9-4-2-6-10-7(12)3-1-5-11-8(13)14/h11H,1-3,5-6H2,(H,10,12)(H,13,14). The number of carbonyl (C=O) groups is 2. The van der Waals surface area contributed by atoms with Gasteiger partial charge in [-0.05, 0) is 6.42 Å². The molecule has 78 valence electrons. The number of nitrogens with zero attached hydrogens (tertiary/aromatic N) is 1. The van der Waals surface area contributed by atoms with Crippen LogP contribution in [0, 0.1) is 11.3 Å². The van der Waals surface area contributed by atoms with E-state index < -0.39 is 6.09 Å². The summed E-state index contributed by atoms with van der Waals surface area (Å²) in [5.41, 5.74) is 0. The fourth-order valence-electron chi connectivity index (χ4n) is 0.790. The Kier molecular flexibility index (Phi) is 6.86. The van der Waals surface area contributed by atoms with Crippen LogP contribution in [0.3, 0.4) is 0 Å². The lowest BCUT2D eigenvalue weighted by atomic mass is 10.3. The average Bonchev–Trinajstić information content (AvgIpc) is 2.13. The molecule has 0 aliphatic carbocycles. The molecule has 2 amide bonds. The van der Waals surface area contributed by atoms with Crippen molar-refractivity contribution in [3.8, 4) is 6.07 Å². The van der Waals surface area contributed by atoms with E-state index in [0.717, 1.165) is 0 Å². The van der Waals surface area contributed by atoms with E-state index in [4.69, 9.17) is 10.4 Å². The summed E-state index contributed by atoms with van der Waals surface area (Å²) in [6.07, 6.45) is -0.0647. The number of amides is 2. The van der Waals surface area contributed by atoms with Gasteiger partial charge in [-0.3, -0.25) is 4.79 Å². The lowest BCUT2D eigenvalue weighted by Crippen LogP contribution is -2.26. The van der Waals surface area contributed by atoms with Crippen molar-refractivity contribution in [1.29, 1.82) is 5.26 Å². The first-order chi connectivity index (χ1) is 6.66. The van der Waals surface area contributed by atoms with Crippen molar-refractivity contribution in [2.45, 2.75) is 19.3 Å². The predicted octanol–water partition coefficient (Wildman–Crippen LogP) is 0.0641. The Balaban J connectivity index is 3.28. The zero-order chi connectivity index (χ0) is 10.8. The van der Waals surface area contributed by atoms with Gasteiger partial charge >= 0.3 is 6.09 Å². The van der Waals surface area contributed by atoms with E-state index in [1.807, 2.05) is 6.07 Å². The molecule has 0 unspecified atom stereocenters. The topological polar surface area (TPSA) is 102 Å². The maximum atomic E-state index is 11.0. The van der Waals surface area contributed by atoms with E-state index in [0.29, 0.717) is 19.4 Å². The van der Waals surface area contributed by atoms with Gasteiger partial charge in [0, 0.05) is 19.5 Å². The number of hydrogen-bond donors (Lipinski definition) is 3. The molecule has 0 spiro atoms. The molecule has 0 saturated heterocycles. The van der Waals surface area contributed by atoms with E-state index in [1.165, 1.54) is 0 Å². The first kappa shape index (κ1) is 12.2. The van der Waals surface area contributed by atoms with Crippen molar-refractivity contribution in [3.05, 3.63) is 0 Å². The van der Waals surface area contributed by atoms with Crippen LogP contribution in [0.25, 0.3) is 0 Å². The van der Waals surface area contributed by atoms with Gasteiger partial charge in [-0.1, -0.05) is 0 Å². The molecule has 14 heavy (non-hydrogen) atoms. The van der Waals surface area contributed by atoms with Gasteiger partial charge in [0.05, 0.1) is 12.5 Å². The van der Waals surface area contributed by atoms with Crippen molar-refractivity contribution < 1.29 is 14.7 Å². The van der Waals surface area contributed by atoms with Crippen LogP contribution in [0.2, 0.25) is 0 Å². The molecule has 0 atom stereocenters. The van der Waals surface area contributed by atoms with Crippen molar-refractivity contribution >= 4 is 12.0 Å². The summed E-state index contributed by atoms with van der Waals surface area (Å²) in [5, 5.41) is 21.1. The molecule has 0 fully saturated rings. The van der Waals surface area contributed by atoms with Crippen molar-refractivity contribution in [3.63, 3.8) is 0 Å². The van der Waals surface area contributed by atoms with Crippen LogP contribution in [0.5, 0.6) is 0 Å². The number of carboxylic acid groups (broad SMARTS) is 1. The Morgan fingerprint density at radius 1 is 1.29 bits per heavy atom. The van der Waals surface area contributed by atoms with Crippen molar-refractivity contribution in [1.82, 2.24) is 10.6 Å². The average molecular weight is 199 g/mol. The number of nitriles is 1. The molecule has 0 aliphatic rings. The van der Waals surface area contributed by atoms with Gasteiger partial charge in [0.2, 0.25) is 5.91 Å². The third-order valence-electron chi connectivity index (χ3n) is 1.42. The molecular weight excluding hydrogens is 186 g/mol. The molecule has 0 aliphatic heterocycles. The second-order valence-electron chi connectivity index (χ2n) is 2.59. The molecule has 0 bridgehead atoms. The highest BCUT2D eigenvalue weighted by Crippen LogP contribution is 1.87. The Morgan fingerprint density at radius 2 is 2.00 bits per heavy atom. The second kappa shape index (κ2) is 7.86. The first-order valence-corrected chi connectivity index (χ1v) is 4.27. The van der Waals surface area contributed by atoms with Crippen molar-refractivity contribution in [2.75, 3.05) is 13.1 Å². The summed E-state index contributed by atoms with van der Waals surface area (Å²) < 4.78 is 0. The second-order valence-corrected chi connectivity index (χ2v) is 2.59. The molecule has 6 nitrogen and oxygen atoms in total. The summed E-state index contributed by atoms with van der Waals surface area (Å²) in [6, 6.07) is 1.90. The smallest absolute Gasteiger partial charge is 0.404 e. The van der Waals surface area contributed by atoms with Gasteiger partial charge in [-0.15, -0.1) is 0 Å². The molecule has 0 aromatic heterocycles. The molecule has 0 rings (SSSR count). The van der Waals surface area contributed by atoms with Gasteiger partial charge in [0.25, 0.3) is 0 Å². The summed E-state index contributed by atoms with van der Waals surface area (Å²) in [7, 11) is 0. The Morgan fingerprint density at radius 3 is 2.57 bits per heavy atom. The monoisotopic (exact) mass is 199 g/mol. The Labute approximate surface area is 81.9 Å². The molecule has 0 radical (unpaired) electrons. The minimum atomic E-state index is -1.09. The molecule has 3 N–H and O–H groups in total. The number of hydrogen-bond acceptors (Lipinski definition) is 3. The van der Waals surface area contributed by atoms with Crippen LogP contribution in [-0.4, -0.2) is 30.2 Å². The zero-order valence-electron chi connectivity index (χ0n) is 7.75. The molecule has 0 heterocycles. The van der Waals surface area contributed by atoms with Crippen LogP contribution in [0.1, 0.15) is 19.3 Å². The van der Waals surface area contributed by atoms with Crippen LogP contribution < -0.4 is 10.6 Å². The maximum Gasteiger partial charge on any atom is 0.404 e. The van der Waals surface area contributed by atoms with E-state index in [2.05, 4.69) is 10.6 Å². The normalized spacial score (nSPS) is 8.79. The van der Waals surface area contributed by atoms with E-state index in [9.17, 15) is 9.59 Å². The molecular formula is C8H13N3O3. The van der Waals surface area contributed by atoms with E-state index >= 15 is 0 Å². The minimum absolute atomic E-state index is 0.160. The minimum Gasteiger partial charge on any atom is -0.465 e. The van der Waals surface area contributed by atoms with Crippen LogP contribution in [0.15, 0.2) is 0 Å². The fourth-order valence-corrected chi connectivity index (χ4v) is 0.790. The molecule has 6 heteroatoms. The predicted molar refractivity (Wildman–Crippen MR) is 48.5 cm³/mol. The zero-order valence-corrected chi connectivity index (χ0v) is 7.75. The first-order valence-electron chi connectivity index (χ1n) is 4.27. The SMILES string of the molecule is N#CCCNC(=O)CCCNC(=O)O. The quantitative estimate of drug-likeness (QED) is 0.526. The van der Waals surface area contributed by atoms with Gasteiger partial charge in [-0.25, -0.2) is 4.79 Å². The van der Waals surface area contributed by atoms with Crippen molar-refractivity contribution in [2.24, 2.45) is 0 Å². The lowest BCUT2D eigenvalue weighted by molar-refractivity contribution is -0.121. The molecule has 0 aromatic rings. The third-order valence-corrected chi connectivity index (χ3v) is 1.42. The van der Waals surface area contributed by atoms with Crippen LogP contribution >= 0.6 is 0 Å². The van der Waals surface area contributed by atoms with Crippen LogP contribution in [0.4, 0.5) is 4.79 Å². The number of nitrogens with one attached hydrogen (secondary N) is 2. The molecule has 0 saturated carbocycles. The lowest BCUT2D eigenvalue weighted by Gasteiger charge is -2.02. The third kappa shape index (κ3) is 8.33. The highest BCUT2D eigenvalue weighted by atomic mass is 16.4. The Hall–Kier alpha value is -1.77. The van der Waals surface area contributed by atoms with Gasteiger partial charge in [0.15, 0.2) is 0 Å². The molecule has 0 aromatic carbocycles. The fraction of sp³-hybridized carbons (Fsp3) is 0.625. The largest absolute Gasteiger partial charge is 0.465 e. The highest BCUT2D eigenvalue weighted by Gasteiger charge is 2.00. The number of rotatable bonds is 6. The highest BCUT2D eigenvalue weighted by molar-refractivity contribution is 5.75. The summed E-state index contributed by atoms with van der Waals surface area (Å²) in [6.45, 7) is 0.614. The maximum absolute atomic E-state index is 11.0. The van der Waals surface area contributed by atoms with Gasteiger partial charge in [0.1, 0.15) is 0 Å². The van der Waals surface area contributed by atoms with Gasteiger partial charge in [-0.2, -0.15) is 5.26 Å². The van der Waals surface area contributed by atoms with E-state index in [1.54, 1.807) is 0 Å². The van der Waals surface area contributed by atoms with Crippen LogP contribution in [-0.2, 0) is 4.79 Å². The van der Waals surface area contributed by atoms with E-state index in [-0.39, 0.29) is 18.9 Å². The summed E-state index contributed by atoms with van der Waals surface area (Å²) in [5.74, 6) is -0.160. The number of carbonyl (C=O) groups excluding carboxylic acids is 1. The summed E-state index contributed by atoms with van der Waals surface area (Å²) in [4.78, 5) is 21.0. The van der Waals surface area contributed by atoms with Gasteiger partial charge < -0.3 is 15.7 Å². The Bertz CT molecular complexity index is 234.